The molecule has 3 N–H and O–H groups in total. The molecule has 1 saturated heterocycles. The van der Waals surface area contributed by atoms with Gasteiger partial charge in [0, 0.05) is 0 Å². The SMILES string of the molecule is C1CCOOC1.O=P(O)(O)O. The molecule has 1 aliphatic heterocycles. The first-order valence-corrected chi connectivity index (χ1v) is 4.59. The van der Waals surface area contributed by atoms with Crippen LogP contribution in [-0.4, -0.2) is 27.9 Å². The van der Waals surface area contributed by atoms with E-state index in [0.29, 0.717) is 0 Å². The molecule has 1 fully saturated rings. The van der Waals surface area contributed by atoms with Gasteiger partial charge >= 0.3 is 7.82 Å². The van der Waals surface area contributed by atoms with E-state index >= 15 is 0 Å². The van der Waals surface area contributed by atoms with Crippen LogP contribution >= 0.6 is 7.82 Å². The molecule has 0 aromatic rings. The second kappa shape index (κ2) is 5.65. The molecule has 0 unspecified atom stereocenters. The summed E-state index contributed by atoms with van der Waals surface area (Å²) >= 11 is 0. The van der Waals surface area contributed by atoms with Crippen LogP contribution in [0.5, 0.6) is 0 Å². The number of hydrogen-bond acceptors (Lipinski definition) is 3. The maximum Gasteiger partial charge on any atom is 0.466 e. The maximum absolute atomic E-state index is 8.88. The van der Waals surface area contributed by atoms with E-state index in [0.717, 1.165) is 26.1 Å². The Hall–Kier alpha value is 0.0300. The summed E-state index contributed by atoms with van der Waals surface area (Å²) in [7, 11) is -4.64. The van der Waals surface area contributed by atoms with Gasteiger partial charge in [0.15, 0.2) is 0 Å². The highest BCUT2D eigenvalue weighted by molar-refractivity contribution is 7.45. The van der Waals surface area contributed by atoms with Crippen molar-refractivity contribution in [3.8, 4) is 0 Å². The molecule has 1 heterocycles. The van der Waals surface area contributed by atoms with Crippen molar-refractivity contribution in [2.24, 2.45) is 0 Å². The van der Waals surface area contributed by atoms with Crippen LogP contribution in [0.15, 0.2) is 0 Å². The number of rotatable bonds is 0. The Morgan fingerprint density at radius 1 is 1.00 bits per heavy atom. The fraction of sp³-hybridized carbons (Fsp3) is 1.00. The van der Waals surface area contributed by atoms with Gasteiger partial charge in [-0.25, -0.2) is 14.3 Å². The quantitative estimate of drug-likeness (QED) is 0.358. The average molecular weight is 186 g/mol. The minimum Gasteiger partial charge on any atom is -0.303 e. The lowest BCUT2D eigenvalue weighted by atomic mass is 10.3. The maximum atomic E-state index is 8.88. The summed E-state index contributed by atoms with van der Waals surface area (Å²) < 4.78 is 8.88. The molecular weight excluding hydrogens is 175 g/mol. The summed E-state index contributed by atoms with van der Waals surface area (Å²) in [5.41, 5.74) is 0. The molecule has 0 bridgehead atoms. The second-order valence-corrected chi connectivity index (χ2v) is 2.89. The Morgan fingerprint density at radius 3 is 1.36 bits per heavy atom. The summed E-state index contributed by atoms with van der Waals surface area (Å²) in [6, 6.07) is 0. The smallest absolute Gasteiger partial charge is 0.303 e. The van der Waals surface area contributed by atoms with Gasteiger partial charge in [0.05, 0.1) is 13.2 Å². The van der Waals surface area contributed by atoms with Gasteiger partial charge in [-0.05, 0) is 12.8 Å². The van der Waals surface area contributed by atoms with Crippen LogP contribution in [-0.2, 0) is 14.3 Å². The fourth-order valence-electron chi connectivity index (χ4n) is 0.440. The molecule has 11 heavy (non-hydrogen) atoms. The van der Waals surface area contributed by atoms with E-state index < -0.39 is 7.82 Å². The number of phosphoric acid groups is 1. The monoisotopic (exact) mass is 186 g/mol. The van der Waals surface area contributed by atoms with Gasteiger partial charge in [-0.2, -0.15) is 0 Å². The Kier molecular flexibility index (Phi) is 5.67. The highest BCUT2D eigenvalue weighted by atomic mass is 31.2. The molecule has 1 aliphatic rings. The van der Waals surface area contributed by atoms with Crippen LogP contribution in [0.3, 0.4) is 0 Å². The van der Waals surface area contributed by atoms with Crippen molar-refractivity contribution in [2.75, 3.05) is 13.2 Å². The second-order valence-electron chi connectivity index (χ2n) is 1.86. The Bertz CT molecular complexity index is 107. The van der Waals surface area contributed by atoms with E-state index in [4.69, 9.17) is 19.2 Å². The largest absolute Gasteiger partial charge is 0.466 e. The van der Waals surface area contributed by atoms with Crippen LogP contribution < -0.4 is 0 Å². The van der Waals surface area contributed by atoms with Crippen molar-refractivity contribution in [2.45, 2.75) is 12.8 Å². The first-order valence-electron chi connectivity index (χ1n) is 3.03. The lowest BCUT2D eigenvalue weighted by molar-refractivity contribution is -0.312. The van der Waals surface area contributed by atoms with Gasteiger partial charge in [-0.15, -0.1) is 0 Å². The third-order valence-corrected chi connectivity index (χ3v) is 0.789. The van der Waals surface area contributed by atoms with Crippen molar-refractivity contribution in [1.29, 1.82) is 0 Å². The zero-order chi connectivity index (χ0) is 8.74. The molecule has 0 saturated carbocycles. The van der Waals surface area contributed by atoms with Crippen molar-refractivity contribution >= 4 is 7.82 Å². The summed E-state index contributed by atoms with van der Waals surface area (Å²) in [6.45, 7) is 1.56. The highest BCUT2D eigenvalue weighted by Crippen LogP contribution is 2.25. The van der Waals surface area contributed by atoms with Gasteiger partial charge in [0.1, 0.15) is 0 Å². The molecule has 6 nitrogen and oxygen atoms in total. The lowest BCUT2D eigenvalue weighted by Gasteiger charge is -2.07. The molecule has 0 spiro atoms. The molecule has 0 aromatic carbocycles. The lowest BCUT2D eigenvalue weighted by Crippen LogP contribution is -2.05. The number of hydrogen-bond donors (Lipinski definition) is 3. The van der Waals surface area contributed by atoms with E-state index in [-0.39, 0.29) is 0 Å². The predicted octanol–water partition coefficient (Wildman–Crippen LogP) is -0.200. The van der Waals surface area contributed by atoms with E-state index in [1.165, 1.54) is 0 Å². The first kappa shape index (κ1) is 11.0. The summed E-state index contributed by atoms with van der Waals surface area (Å²) in [4.78, 5) is 30.7. The van der Waals surface area contributed by atoms with Gasteiger partial charge < -0.3 is 14.7 Å². The van der Waals surface area contributed by atoms with Crippen LogP contribution in [0.2, 0.25) is 0 Å². The van der Waals surface area contributed by atoms with E-state index in [1.54, 1.807) is 0 Å². The van der Waals surface area contributed by atoms with Crippen LogP contribution in [0.25, 0.3) is 0 Å². The molecule has 0 amide bonds. The van der Waals surface area contributed by atoms with Crippen LogP contribution in [0.4, 0.5) is 0 Å². The van der Waals surface area contributed by atoms with Crippen molar-refractivity contribution in [1.82, 2.24) is 0 Å². The first-order chi connectivity index (χ1) is 5.00. The third-order valence-electron chi connectivity index (χ3n) is 0.789. The normalized spacial score (nSPS) is 18.5. The molecule has 7 heteroatoms. The zero-order valence-electron chi connectivity index (χ0n) is 5.84. The third kappa shape index (κ3) is 17.8. The predicted molar refractivity (Wildman–Crippen MR) is 35.4 cm³/mol. The Balaban J connectivity index is 0.000000187. The topological polar surface area (TPSA) is 96.2 Å². The minimum absolute atomic E-state index is 0.778. The molecular formula is C4H11O6P. The molecule has 1 rings (SSSR count). The highest BCUT2D eigenvalue weighted by Gasteiger charge is 2.00. The van der Waals surface area contributed by atoms with Crippen molar-refractivity contribution in [3.63, 3.8) is 0 Å². The van der Waals surface area contributed by atoms with Gasteiger partial charge in [-0.3, -0.25) is 0 Å². The summed E-state index contributed by atoms with van der Waals surface area (Å²) in [5.74, 6) is 0. The molecule has 0 aliphatic carbocycles. The fourth-order valence-corrected chi connectivity index (χ4v) is 0.440. The molecule has 0 atom stereocenters. The Labute approximate surface area is 63.9 Å². The van der Waals surface area contributed by atoms with Crippen molar-refractivity contribution < 1.29 is 29.0 Å². The zero-order valence-corrected chi connectivity index (χ0v) is 6.74. The standard InChI is InChI=1S/C4H8O2.H3O4P/c1-2-4-6-5-3-1;1-5(2,3)4/h1-4H2;(H3,1,2,3,4). The van der Waals surface area contributed by atoms with E-state index in [9.17, 15) is 0 Å². The van der Waals surface area contributed by atoms with Crippen LogP contribution in [0, 0.1) is 0 Å². The van der Waals surface area contributed by atoms with E-state index in [2.05, 4.69) is 9.78 Å². The average Bonchev–Trinajstić information content (AvgIpc) is 1.88. The van der Waals surface area contributed by atoms with Gasteiger partial charge in [-0.1, -0.05) is 0 Å². The summed E-state index contributed by atoms with van der Waals surface area (Å²) in [6.07, 6.45) is 2.31. The summed E-state index contributed by atoms with van der Waals surface area (Å²) in [5, 5.41) is 0. The molecule has 0 radical (unpaired) electrons. The van der Waals surface area contributed by atoms with Gasteiger partial charge in [0.25, 0.3) is 0 Å². The van der Waals surface area contributed by atoms with E-state index in [1.807, 2.05) is 0 Å². The van der Waals surface area contributed by atoms with Crippen molar-refractivity contribution in [3.05, 3.63) is 0 Å². The van der Waals surface area contributed by atoms with Gasteiger partial charge in [0.2, 0.25) is 0 Å². The Morgan fingerprint density at radius 2 is 1.27 bits per heavy atom. The van der Waals surface area contributed by atoms with Crippen LogP contribution in [0.1, 0.15) is 12.8 Å². The minimum atomic E-state index is -4.64. The molecule has 0 aromatic heterocycles. The molecule has 68 valence electrons.